The van der Waals surface area contributed by atoms with Crippen LogP contribution in [-0.2, 0) is 30.3 Å². The Kier molecular flexibility index (Phi) is 14.4. The Morgan fingerprint density at radius 1 is 0.846 bits per heavy atom. The number of esters is 1. The lowest BCUT2D eigenvalue weighted by Gasteiger charge is -2.26. The van der Waals surface area contributed by atoms with Crippen molar-refractivity contribution in [3.8, 4) is 11.5 Å². The fourth-order valence-corrected chi connectivity index (χ4v) is 5.37. The van der Waals surface area contributed by atoms with Gasteiger partial charge in [-0.3, -0.25) is 19.2 Å². The van der Waals surface area contributed by atoms with Gasteiger partial charge in [-0.25, -0.2) is 4.79 Å². The lowest BCUT2D eigenvalue weighted by molar-refractivity contribution is -0.177. The van der Waals surface area contributed by atoms with Crippen LogP contribution in [0.1, 0.15) is 68.6 Å². The molecule has 0 aliphatic rings. The molecule has 0 aliphatic carbocycles. The summed E-state index contributed by atoms with van der Waals surface area (Å²) in [5.41, 5.74) is 0.0990. The molecular formula is C38H42ClF3N2O8. The Morgan fingerprint density at radius 2 is 1.50 bits per heavy atom. The number of ether oxygens (including phenoxy) is 3. The zero-order valence-corrected chi connectivity index (χ0v) is 30.4. The Bertz CT molecular complexity index is 1740. The van der Waals surface area contributed by atoms with Gasteiger partial charge in [0, 0.05) is 29.3 Å². The molecule has 2 N–H and O–H groups in total. The first-order chi connectivity index (χ1) is 24.3. The normalized spacial score (nSPS) is 13.4. The summed E-state index contributed by atoms with van der Waals surface area (Å²) in [6.07, 6.45) is -6.08. The number of carbonyl (C=O) groups excluding carboxylic acids is 5. The van der Waals surface area contributed by atoms with Gasteiger partial charge >= 0.3 is 12.1 Å². The molecule has 0 radical (unpaired) electrons. The monoisotopic (exact) mass is 746 g/mol. The Morgan fingerprint density at radius 3 is 2.08 bits per heavy atom. The van der Waals surface area contributed by atoms with Gasteiger partial charge in [-0.15, -0.1) is 0 Å². The van der Waals surface area contributed by atoms with Crippen LogP contribution in [0.2, 0.25) is 5.02 Å². The highest BCUT2D eigenvalue weighted by Gasteiger charge is 2.45. The molecule has 3 aromatic carbocycles. The van der Waals surface area contributed by atoms with Crippen molar-refractivity contribution >= 4 is 41.0 Å². The molecule has 280 valence electrons. The molecule has 0 saturated heterocycles. The number of hydrogen-bond acceptors (Lipinski definition) is 8. The van der Waals surface area contributed by atoms with E-state index in [1.165, 1.54) is 69.5 Å². The van der Waals surface area contributed by atoms with E-state index in [4.69, 9.17) is 25.8 Å². The minimum Gasteiger partial charge on any atom is -0.497 e. The maximum atomic E-state index is 14.0. The maximum Gasteiger partial charge on any atom is 0.450 e. The smallest absolute Gasteiger partial charge is 0.450 e. The molecular weight excluding hydrogens is 705 g/mol. The fourth-order valence-electron chi connectivity index (χ4n) is 5.16. The number of methoxy groups -OCH3 is 1. The Hall–Kier alpha value is -4.91. The number of alkyl halides is 3. The van der Waals surface area contributed by atoms with Crippen LogP contribution in [0, 0.1) is 11.8 Å². The van der Waals surface area contributed by atoms with E-state index in [1.807, 2.05) is 0 Å². The van der Waals surface area contributed by atoms with Crippen LogP contribution in [0.3, 0.4) is 0 Å². The van der Waals surface area contributed by atoms with Crippen LogP contribution in [0.5, 0.6) is 11.5 Å². The van der Waals surface area contributed by atoms with E-state index in [0.717, 1.165) is 0 Å². The molecule has 0 fully saturated rings. The highest BCUT2D eigenvalue weighted by atomic mass is 35.5. The van der Waals surface area contributed by atoms with Gasteiger partial charge in [-0.05, 0) is 80.3 Å². The lowest BCUT2D eigenvalue weighted by atomic mass is 9.84. The maximum absolute atomic E-state index is 14.0. The summed E-state index contributed by atoms with van der Waals surface area (Å²) in [5, 5.41) is 5.62. The third kappa shape index (κ3) is 12.7. The number of halogens is 4. The largest absolute Gasteiger partial charge is 0.497 e. The van der Waals surface area contributed by atoms with Crippen molar-refractivity contribution in [3.05, 3.63) is 94.5 Å². The first kappa shape index (κ1) is 41.5. The number of ketones is 2. The summed E-state index contributed by atoms with van der Waals surface area (Å²) < 4.78 is 56.3. The minimum absolute atomic E-state index is 0.0683. The lowest BCUT2D eigenvalue weighted by Crippen LogP contribution is -2.50. The number of Topliss-reactive ketones (excluding diaryl/α,β-unsaturated/α-hetero) is 2. The van der Waals surface area contributed by atoms with Gasteiger partial charge in [0.25, 0.3) is 5.91 Å². The van der Waals surface area contributed by atoms with Crippen molar-refractivity contribution < 1.29 is 51.4 Å². The standard InChI is InChI=1S/C38H42ClF3N2O8/c1-22(2)29(34(47)38(40,41)42)20-31(45)33(24-13-15-27(50-6)16-14-24)44-36(49)30(18-23-9-7-11-26(39)17-23)43-35(48)25-10-8-12-28(19-25)51-21-32(46)52-37(3,4)5/h7-17,19,22,29-30,33H,18,20-21H2,1-6H3,(H,43,48)(H,44,49)/t29-,30-,33-/m0/s1. The Balaban J connectivity index is 1.93. The van der Waals surface area contributed by atoms with Crippen molar-refractivity contribution in [2.45, 2.75) is 71.3 Å². The molecule has 0 spiro atoms. The SMILES string of the molecule is COc1ccc([C@H](NC(=O)[C@H](Cc2cccc(Cl)c2)NC(=O)c2cccc(OCC(=O)OC(C)(C)C)c2)C(=O)C[C@H](C(=O)C(F)(F)F)C(C)C)cc1. The molecule has 0 aromatic heterocycles. The average Bonchev–Trinajstić information content (AvgIpc) is 3.06. The highest BCUT2D eigenvalue weighted by molar-refractivity contribution is 6.30. The topological polar surface area (TPSA) is 137 Å². The van der Waals surface area contributed by atoms with Crippen molar-refractivity contribution in [1.29, 1.82) is 0 Å². The first-order valence-corrected chi connectivity index (χ1v) is 16.7. The predicted octanol–water partition coefficient (Wildman–Crippen LogP) is 6.63. The van der Waals surface area contributed by atoms with Gasteiger partial charge in [0.05, 0.1) is 7.11 Å². The van der Waals surface area contributed by atoms with Crippen molar-refractivity contribution in [1.82, 2.24) is 10.6 Å². The quantitative estimate of drug-likeness (QED) is 0.156. The van der Waals surface area contributed by atoms with Crippen LogP contribution in [-0.4, -0.2) is 60.9 Å². The predicted molar refractivity (Wildman–Crippen MR) is 187 cm³/mol. The van der Waals surface area contributed by atoms with Crippen LogP contribution in [0.15, 0.2) is 72.8 Å². The number of nitrogens with one attached hydrogen (secondary N) is 2. The third-order valence-corrected chi connectivity index (χ3v) is 7.96. The zero-order chi connectivity index (χ0) is 38.8. The highest BCUT2D eigenvalue weighted by Crippen LogP contribution is 2.30. The van der Waals surface area contributed by atoms with E-state index in [-0.39, 0.29) is 23.3 Å². The summed E-state index contributed by atoms with van der Waals surface area (Å²) in [4.78, 5) is 65.7. The van der Waals surface area contributed by atoms with Gasteiger partial charge in [0.15, 0.2) is 12.4 Å². The molecule has 3 atom stereocenters. The summed E-state index contributed by atoms with van der Waals surface area (Å²) in [6, 6.07) is 15.5. The van der Waals surface area contributed by atoms with Crippen LogP contribution >= 0.6 is 11.6 Å². The molecule has 0 unspecified atom stereocenters. The molecule has 0 aliphatic heterocycles. The van der Waals surface area contributed by atoms with E-state index >= 15 is 0 Å². The van der Waals surface area contributed by atoms with E-state index in [0.29, 0.717) is 16.3 Å². The van der Waals surface area contributed by atoms with E-state index in [9.17, 15) is 37.1 Å². The zero-order valence-electron chi connectivity index (χ0n) is 29.6. The van der Waals surface area contributed by atoms with Crippen molar-refractivity contribution in [3.63, 3.8) is 0 Å². The van der Waals surface area contributed by atoms with Gasteiger partial charge in [-0.2, -0.15) is 13.2 Å². The van der Waals surface area contributed by atoms with Crippen molar-refractivity contribution in [2.75, 3.05) is 13.7 Å². The fraction of sp³-hybridized carbons (Fsp3) is 0.395. The number of rotatable bonds is 16. The van der Waals surface area contributed by atoms with E-state index < -0.39 is 78.1 Å². The van der Waals surface area contributed by atoms with E-state index in [1.54, 1.807) is 45.0 Å². The second-order valence-corrected chi connectivity index (χ2v) is 13.8. The van der Waals surface area contributed by atoms with Gasteiger partial charge in [0.1, 0.15) is 29.2 Å². The summed E-state index contributed by atoms with van der Waals surface area (Å²) in [7, 11) is 1.42. The number of benzene rings is 3. The molecule has 0 bridgehead atoms. The second-order valence-electron chi connectivity index (χ2n) is 13.4. The van der Waals surface area contributed by atoms with Crippen LogP contribution in [0.25, 0.3) is 0 Å². The summed E-state index contributed by atoms with van der Waals surface area (Å²) >= 11 is 6.18. The number of hydrogen-bond donors (Lipinski definition) is 2. The number of amides is 2. The van der Waals surface area contributed by atoms with Crippen LogP contribution in [0.4, 0.5) is 13.2 Å². The molecule has 0 saturated carbocycles. The first-order valence-electron chi connectivity index (χ1n) is 16.4. The Labute approximate surface area is 305 Å². The minimum atomic E-state index is -5.17. The molecule has 14 heteroatoms. The van der Waals surface area contributed by atoms with E-state index in [2.05, 4.69) is 10.6 Å². The second kappa shape index (κ2) is 18.0. The summed E-state index contributed by atoms with van der Waals surface area (Å²) in [5.74, 6) is -7.03. The van der Waals surface area contributed by atoms with Gasteiger partial charge < -0.3 is 24.8 Å². The van der Waals surface area contributed by atoms with Gasteiger partial charge in [0.2, 0.25) is 11.7 Å². The third-order valence-electron chi connectivity index (χ3n) is 7.72. The number of carbonyl (C=O) groups is 5. The molecule has 0 heterocycles. The molecule has 10 nitrogen and oxygen atoms in total. The van der Waals surface area contributed by atoms with Crippen LogP contribution < -0.4 is 20.1 Å². The molecule has 52 heavy (non-hydrogen) atoms. The van der Waals surface area contributed by atoms with Crippen molar-refractivity contribution in [2.24, 2.45) is 11.8 Å². The van der Waals surface area contributed by atoms with Gasteiger partial charge in [-0.1, -0.05) is 55.8 Å². The molecule has 3 rings (SSSR count). The molecule has 2 amide bonds. The molecule has 3 aromatic rings. The average molecular weight is 747 g/mol. The summed E-state index contributed by atoms with van der Waals surface area (Å²) in [6.45, 7) is 7.50.